The molecule has 0 spiro atoms. The number of hydrogen-bond donors (Lipinski definition) is 0. The zero-order chi connectivity index (χ0) is 17.9. The molecule has 1 aromatic rings. The van der Waals surface area contributed by atoms with E-state index in [1.807, 2.05) is 0 Å². The van der Waals surface area contributed by atoms with Gasteiger partial charge < -0.3 is 9.64 Å². The predicted molar refractivity (Wildman–Crippen MR) is 81.8 cm³/mol. The van der Waals surface area contributed by atoms with Crippen molar-refractivity contribution in [3.63, 3.8) is 0 Å². The summed E-state index contributed by atoms with van der Waals surface area (Å²) in [6, 6.07) is 5.64. The van der Waals surface area contributed by atoms with E-state index in [-0.39, 0.29) is 16.5 Å². The fraction of sp³-hybridized carbons (Fsp3) is 0.250. The standard InChI is InChI=1S/C16H13ClF5NO/c1-10-13(17)6-7-14(23(10)8-15(18)19)11-2-4-12(5-3-11)24-9-16(20,21)22/h2-7,15H,1,8-9H2. The summed E-state index contributed by atoms with van der Waals surface area (Å²) in [5, 5.41) is 0.240. The van der Waals surface area contributed by atoms with Crippen LogP contribution in [0, 0.1) is 0 Å². The van der Waals surface area contributed by atoms with Crippen LogP contribution in [0.15, 0.2) is 53.7 Å². The smallest absolute Gasteiger partial charge is 0.422 e. The second kappa shape index (κ2) is 7.25. The van der Waals surface area contributed by atoms with Crippen LogP contribution in [0.2, 0.25) is 0 Å². The second-order valence-corrected chi connectivity index (χ2v) is 5.35. The number of rotatable bonds is 5. The molecule has 2 rings (SSSR count). The number of ether oxygens (including phenoxy) is 1. The Morgan fingerprint density at radius 2 is 1.75 bits per heavy atom. The van der Waals surface area contributed by atoms with E-state index >= 15 is 0 Å². The maximum absolute atomic E-state index is 12.8. The van der Waals surface area contributed by atoms with Gasteiger partial charge in [0.1, 0.15) is 5.75 Å². The van der Waals surface area contributed by atoms with E-state index < -0.39 is 25.8 Å². The first-order valence-electron chi connectivity index (χ1n) is 6.80. The summed E-state index contributed by atoms with van der Waals surface area (Å²) in [7, 11) is 0. The topological polar surface area (TPSA) is 12.5 Å². The molecule has 1 aromatic carbocycles. The highest BCUT2D eigenvalue weighted by Crippen LogP contribution is 2.33. The average molecular weight is 366 g/mol. The van der Waals surface area contributed by atoms with Crippen LogP contribution >= 0.6 is 11.6 Å². The minimum Gasteiger partial charge on any atom is -0.484 e. The Bertz CT molecular complexity index is 664. The first-order valence-corrected chi connectivity index (χ1v) is 7.17. The Hall–Kier alpha value is -2.02. The number of halogens is 6. The quantitative estimate of drug-likeness (QED) is 0.666. The minimum absolute atomic E-state index is 0.0281. The van der Waals surface area contributed by atoms with Gasteiger partial charge in [0, 0.05) is 5.70 Å². The van der Waals surface area contributed by atoms with Crippen molar-refractivity contribution in [1.29, 1.82) is 0 Å². The highest BCUT2D eigenvalue weighted by Gasteiger charge is 2.28. The largest absolute Gasteiger partial charge is 0.484 e. The summed E-state index contributed by atoms with van der Waals surface area (Å²) < 4.78 is 66.6. The molecule has 1 aliphatic rings. The molecular formula is C16H13ClF5NO. The number of hydrogen-bond acceptors (Lipinski definition) is 2. The summed E-state index contributed by atoms with van der Waals surface area (Å²) in [5.41, 5.74) is 1.18. The lowest BCUT2D eigenvalue weighted by Gasteiger charge is -2.31. The summed E-state index contributed by atoms with van der Waals surface area (Å²) >= 11 is 5.91. The fourth-order valence-corrected chi connectivity index (χ4v) is 2.26. The summed E-state index contributed by atoms with van der Waals surface area (Å²) in [5.74, 6) is 0.0281. The number of alkyl halides is 5. The maximum Gasteiger partial charge on any atom is 0.422 e. The van der Waals surface area contributed by atoms with Crippen molar-refractivity contribution < 1.29 is 26.7 Å². The molecule has 1 heterocycles. The Balaban J connectivity index is 2.21. The van der Waals surface area contributed by atoms with Gasteiger partial charge in [0.15, 0.2) is 6.61 Å². The van der Waals surface area contributed by atoms with Gasteiger partial charge in [-0.15, -0.1) is 0 Å². The molecule has 24 heavy (non-hydrogen) atoms. The maximum atomic E-state index is 12.8. The average Bonchev–Trinajstić information content (AvgIpc) is 2.50. The third-order valence-electron chi connectivity index (χ3n) is 3.15. The molecule has 2 nitrogen and oxygen atoms in total. The van der Waals surface area contributed by atoms with Crippen molar-refractivity contribution >= 4 is 17.3 Å². The third kappa shape index (κ3) is 4.74. The van der Waals surface area contributed by atoms with Crippen molar-refractivity contribution in [2.24, 2.45) is 0 Å². The van der Waals surface area contributed by atoms with Gasteiger partial charge in [0.2, 0.25) is 0 Å². The van der Waals surface area contributed by atoms with Gasteiger partial charge in [-0.25, -0.2) is 8.78 Å². The molecule has 130 valence electrons. The van der Waals surface area contributed by atoms with Crippen molar-refractivity contribution in [3.8, 4) is 5.75 Å². The molecule has 1 aliphatic heterocycles. The highest BCUT2D eigenvalue weighted by molar-refractivity contribution is 6.32. The van der Waals surface area contributed by atoms with E-state index in [4.69, 9.17) is 11.6 Å². The molecule has 0 amide bonds. The van der Waals surface area contributed by atoms with Crippen LogP contribution in [0.25, 0.3) is 5.70 Å². The van der Waals surface area contributed by atoms with Crippen LogP contribution in [0.1, 0.15) is 5.56 Å². The highest BCUT2D eigenvalue weighted by atomic mass is 35.5. The monoisotopic (exact) mass is 365 g/mol. The van der Waals surface area contributed by atoms with E-state index in [9.17, 15) is 22.0 Å². The van der Waals surface area contributed by atoms with Crippen molar-refractivity contribution in [2.45, 2.75) is 12.6 Å². The lowest BCUT2D eigenvalue weighted by molar-refractivity contribution is -0.153. The molecule has 0 aliphatic carbocycles. The van der Waals surface area contributed by atoms with E-state index in [0.29, 0.717) is 11.3 Å². The van der Waals surface area contributed by atoms with Gasteiger partial charge in [-0.2, -0.15) is 13.2 Å². The summed E-state index contributed by atoms with van der Waals surface area (Å²) in [6.45, 7) is 1.68. The van der Waals surface area contributed by atoms with Gasteiger partial charge in [-0.3, -0.25) is 0 Å². The van der Waals surface area contributed by atoms with Gasteiger partial charge in [-0.05, 0) is 42.0 Å². The molecular weight excluding hydrogens is 353 g/mol. The van der Waals surface area contributed by atoms with Crippen LogP contribution in [-0.2, 0) is 0 Å². The number of allylic oxidation sites excluding steroid dienone is 3. The molecule has 0 saturated carbocycles. The van der Waals surface area contributed by atoms with E-state index in [2.05, 4.69) is 11.3 Å². The lowest BCUT2D eigenvalue weighted by atomic mass is 10.1. The fourth-order valence-electron chi connectivity index (χ4n) is 2.10. The Morgan fingerprint density at radius 3 is 2.29 bits per heavy atom. The molecule has 0 radical (unpaired) electrons. The zero-order valence-corrected chi connectivity index (χ0v) is 13.0. The van der Waals surface area contributed by atoms with E-state index in [1.165, 1.54) is 35.2 Å². The van der Waals surface area contributed by atoms with Gasteiger partial charge >= 0.3 is 6.18 Å². The van der Waals surface area contributed by atoms with E-state index in [1.54, 1.807) is 6.08 Å². The van der Waals surface area contributed by atoms with Crippen molar-refractivity contribution in [1.82, 2.24) is 4.90 Å². The number of benzene rings is 1. The van der Waals surface area contributed by atoms with E-state index in [0.717, 1.165) is 0 Å². The Morgan fingerprint density at radius 1 is 1.12 bits per heavy atom. The van der Waals surface area contributed by atoms with Crippen molar-refractivity contribution in [2.75, 3.05) is 13.2 Å². The van der Waals surface area contributed by atoms with Crippen LogP contribution in [0.4, 0.5) is 22.0 Å². The molecule has 0 unspecified atom stereocenters. The Labute approximate surface area is 140 Å². The van der Waals surface area contributed by atoms with Gasteiger partial charge in [0.25, 0.3) is 6.43 Å². The zero-order valence-electron chi connectivity index (χ0n) is 12.3. The summed E-state index contributed by atoms with van der Waals surface area (Å²) in [6.07, 6.45) is -3.97. The summed E-state index contributed by atoms with van der Waals surface area (Å²) in [4.78, 5) is 1.26. The SMILES string of the molecule is C=C1C(Cl)=CC=C(c2ccc(OCC(F)(F)F)cc2)N1CC(F)F. The lowest BCUT2D eigenvalue weighted by Crippen LogP contribution is -2.28. The Kier molecular flexibility index (Phi) is 5.54. The molecule has 0 N–H and O–H groups in total. The normalized spacial score (nSPS) is 15.5. The molecule has 0 fully saturated rings. The molecule has 8 heteroatoms. The van der Waals surface area contributed by atoms with Gasteiger partial charge in [0.05, 0.1) is 17.3 Å². The molecule has 0 bridgehead atoms. The predicted octanol–water partition coefficient (Wildman–Crippen LogP) is 5.19. The minimum atomic E-state index is -4.43. The first kappa shape index (κ1) is 18.3. The molecule has 0 saturated heterocycles. The van der Waals surface area contributed by atoms with Crippen LogP contribution < -0.4 is 4.74 Å². The van der Waals surface area contributed by atoms with Gasteiger partial charge in [-0.1, -0.05) is 18.2 Å². The van der Waals surface area contributed by atoms with Crippen molar-refractivity contribution in [3.05, 3.63) is 59.3 Å². The molecule has 0 atom stereocenters. The molecule has 0 aromatic heterocycles. The van der Waals surface area contributed by atoms with Crippen LogP contribution in [0.3, 0.4) is 0 Å². The number of nitrogens with zero attached hydrogens (tertiary/aromatic N) is 1. The second-order valence-electron chi connectivity index (χ2n) is 4.94. The first-order chi connectivity index (χ1) is 11.2. The van der Waals surface area contributed by atoms with Crippen LogP contribution in [0.5, 0.6) is 5.75 Å². The third-order valence-corrected chi connectivity index (χ3v) is 3.50. The van der Waals surface area contributed by atoms with Crippen LogP contribution in [-0.4, -0.2) is 30.7 Å².